The molecular formula is C10H15N3O2S. The van der Waals surface area contributed by atoms with Crippen molar-refractivity contribution in [2.45, 2.75) is 0 Å². The lowest BCUT2D eigenvalue weighted by Crippen LogP contribution is -2.30. The monoisotopic (exact) mass is 241 g/mol. The molecule has 1 aromatic rings. The molecule has 0 bridgehead atoms. The summed E-state index contributed by atoms with van der Waals surface area (Å²) in [4.78, 5) is 6.22. The molecule has 0 aromatic carbocycles. The molecule has 0 unspecified atom stereocenters. The van der Waals surface area contributed by atoms with E-state index >= 15 is 0 Å². The number of pyridine rings is 1. The molecule has 0 aliphatic carbocycles. The average Bonchev–Trinajstić information content (AvgIpc) is 2.29. The third-order valence-corrected chi connectivity index (χ3v) is 2.33. The number of hydrogen-bond donors (Lipinski definition) is 3. The van der Waals surface area contributed by atoms with E-state index < -0.39 is 0 Å². The number of anilines is 1. The Morgan fingerprint density at radius 3 is 2.50 bits per heavy atom. The van der Waals surface area contributed by atoms with Crippen LogP contribution in [-0.4, -0.2) is 46.5 Å². The predicted octanol–water partition coefficient (Wildman–Crippen LogP) is -0.493. The normalized spacial score (nSPS) is 10.1. The fourth-order valence-corrected chi connectivity index (χ4v) is 1.45. The van der Waals surface area contributed by atoms with Gasteiger partial charge in [0.15, 0.2) is 0 Å². The van der Waals surface area contributed by atoms with Crippen LogP contribution in [0.3, 0.4) is 0 Å². The second-order valence-corrected chi connectivity index (χ2v) is 3.64. The number of aliphatic hydroxyl groups excluding tert-OH is 2. The minimum Gasteiger partial charge on any atom is -0.395 e. The lowest BCUT2D eigenvalue weighted by molar-refractivity contribution is 0.280. The smallest absolute Gasteiger partial charge is 0.129 e. The molecule has 0 amide bonds. The molecule has 4 N–H and O–H groups in total. The Morgan fingerprint density at radius 1 is 1.38 bits per heavy atom. The van der Waals surface area contributed by atoms with Gasteiger partial charge in [0, 0.05) is 24.8 Å². The van der Waals surface area contributed by atoms with Gasteiger partial charge in [-0.2, -0.15) is 0 Å². The van der Waals surface area contributed by atoms with Gasteiger partial charge in [-0.1, -0.05) is 12.2 Å². The van der Waals surface area contributed by atoms with Crippen molar-refractivity contribution < 1.29 is 10.2 Å². The molecule has 0 aliphatic heterocycles. The van der Waals surface area contributed by atoms with E-state index in [0.29, 0.717) is 23.9 Å². The highest BCUT2D eigenvalue weighted by atomic mass is 32.1. The van der Waals surface area contributed by atoms with Gasteiger partial charge in [-0.15, -0.1) is 0 Å². The van der Waals surface area contributed by atoms with E-state index in [0.717, 1.165) is 5.56 Å². The Morgan fingerprint density at radius 2 is 2.00 bits per heavy atom. The molecule has 0 aliphatic rings. The van der Waals surface area contributed by atoms with Crippen molar-refractivity contribution >= 4 is 23.0 Å². The summed E-state index contributed by atoms with van der Waals surface area (Å²) >= 11 is 4.87. The number of nitrogens with two attached hydrogens (primary N) is 1. The van der Waals surface area contributed by atoms with Crippen LogP contribution in [0.25, 0.3) is 0 Å². The van der Waals surface area contributed by atoms with Crippen LogP contribution in [0.4, 0.5) is 5.82 Å². The first-order chi connectivity index (χ1) is 7.69. The van der Waals surface area contributed by atoms with E-state index in [9.17, 15) is 0 Å². The summed E-state index contributed by atoms with van der Waals surface area (Å²) in [5.74, 6) is 0.647. The summed E-state index contributed by atoms with van der Waals surface area (Å²) in [5, 5.41) is 17.8. The zero-order valence-electron chi connectivity index (χ0n) is 8.83. The summed E-state index contributed by atoms with van der Waals surface area (Å²) in [5.41, 5.74) is 6.24. The third-order valence-electron chi connectivity index (χ3n) is 2.09. The van der Waals surface area contributed by atoms with Crippen LogP contribution in [0.5, 0.6) is 0 Å². The number of nitrogens with zero attached hydrogens (tertiary/aromatic N) is 2. The van der Waals surface area contributed by atoms with Crippen molar-refractivity contribution in [2.75, 3.05) is 31.2 Å². The Labute approximate surface area is 99.5 Å². The highest BCUT2D eigenvalue weighted by Gasteiger charge is 2.08. The Hall–Kier alpha value is -1.24. The maximum atomic E-state index is 8.90. The lowest BCUT2D eigenvalue weighted by Gasteiger charge is -2.21. The number of thiocarbonyl (C=S) groups is 1. The minimum absolute atomic E-state index is 0.00101. The van der Waals surface area contributed by atoms with Crippen molar-refractivity contribution in [1.82, 2.24) is 4.98 Å². The molecule has 6 heteroatoms. The maximum absolute atomic E-state index is 8.90. The van der Waals surface area contributed by atoms with Crippen LogP contribution in [0.2, 0.25) is 0 Å². The van der Waals surface area contributed by atoms with Gasteiger partial charge in [-0.3, -0.25) is 0 Å². The second kappa shape index (κ2) is 6.37. The first-order valence-corrected chi connectivity index (χ1v) is 5.32. The number of aromatic nitrogens is 1. The van der Waals surface area contributed by atoms with Gasteiger partial charge in [-0.25, -0.2) is 4.98 Å². The fraction of sp³-hybridized carbons (Fsp3) is 0.400. The average molecular weight is 241 g/mol. The standard InChI is InChI=1S/C10H15N3O2S/c11-10(16)8-1-2-12-9(7-8)13(3-5-14)4-6-15/h1-2,7,14-15H,3-6H2,(H2,11,16). The topological polar surface area (TPSA) is 82.6 Å². The molecule has 0 fully saturated rings. The fourth-order valence-electron chi connectivity index (χ4n) is 1.33. The quantitative estimate of drug-likeness (QED) is 0.583. The molecule has 0 saturated carbocycles. The SMILES string of the molecule is NC(=S)c1ccnc(N(CCO)CCO)c1. The Balaban J connectivity index is 2.90. The Bertz CT molecular complexity index is 354. The van der Waals surface area contributed by atoms with Gasteiger partial charge >= 0.3 is 0 Å². The van der Waals surface area contributed by atoms with E-state index in [-0.39, 0.29) is 13.2 Å². The molecular weight excluding hydrogens is 226 g/mol. The molecule has 0 radical (unpaired) electrons. The van der Waals surface area contributed by atoms with Gasteiger partial charge in [0.1, 0.15) is 10.8 Å². The summed E-state index contributed by atoms with van der Waals surface area (Å²) in [6.45, 7) is 0.820. The molecule has 0 atom stereocenters. The van der Waals surface area contributed by atoms with Crippen molar-refractivity contribution in [3.05, 3.63) is 23.9 Å². The molecule has 0 spiro atoms. The minimum atomic E-state index is -0.00101. The number of aliphatic hydroxyl groups is 2. The van der Waals surface area contributed by atoms with E-state index in [2.05, 4.69) is 4.98 Å². The van der Waals surface area contributed by atoms with E-state index in [1.165, 1.54) is 0 Å². The zero-order valence-corrected chi connectivity index (χ0v) is 9.65. The first-order valence-electron chi connectivity index (χ1n) is 4.91. The summed E-state index contributed by atoms with van der Waals surface area (Å²) in [6.07, 6.45) is 1.60. The van der Waals surface area contributed by atoms with E-state index in [4.69, 9.17) is 28.2 Å². The highest BCUT2D eigenvalue weighted by molar-refractivity contribution is 7.80. The summed E-state index contributed by atoms with van der Waals surface area (Å²) in [7, 11) is 0. The van der Waals surface area contributed by atoms with Gasteiger partial charge in [0.25, 0.3) is 0 Å². The molecule has 1 aromatic heterocycles. The van der Waals surface area contributed by atoms with Crippen LogP contribution in [0, 0.1) is 0 Å². The highest BCUT2D eigenvalue weighted by Crippen LogP contribution is 2.12. The van der Waals surface area contributed by atoms with Crippen molar-refractivity contribution in [3.63, 3.8) is 0 Å². The van der Waals surface area contributed by atoms with Crippen molar-refractivity contribution in [1.29, 1.82) is 0 Å². The molecule has 1 heterocycles. The van der Waals surface area contributed by atoms with Crippen LogP contribution in [0.15, 0.2) is 18.3 Å². The van der Waals surface area contributed by atoms with Crippen molar-refractivity contribution in [2.24, 2.45) is 5.73 Å². The Kier molecular flexibility index (Phi) is 5.10. The van der Waals surface area contributed by atoms with Crippen LogP contribution in [0.1, 0.15) is 5.56 Å². The van der Waals surface area contributed by atoms with Crippen LogP contribution < -0.4 is 10.6 Å². The van der Waals surface area contributed by atoms with Gasteiger partial charge < -0.3 is 20.8 Å². The number of hydrogen-bond acceptors (Lipinski definition) is 5. The molecule has 5 nitrogen and oxygen atoms in total. The first kappa shape index (κ1) is 12.8. The lowest BCUT2D eigenvalue weighted by atomic mass is 10.2. The summed E-state index contributed by atoms with van der Waals surface area (Å²) in [6, 6.07) is 3.47. The van der Waals surface area contributed by atoms with Gasteiger partial charge in [0.05, 0.1) is 13.2 Å². The maximum Gasteiger partial charge on any atom is 0.129 e. The van der Waals surface area contributed by atoms with Crippen molar-refractivity contribution in [3.8, 4) is 0 Å². The molecule has 1 rings (SSSR count). The second-order valence-electron chi connectivity index (χ2n) is 3.20. The van der Waals surface area contributed by atoms with E-state index in [1.54, 1.807) is 23.2 Å². The predicted molar refractivity (Wildman–Crippen MR) is 66.5 cm³/mol. The largest absolute Gasteiger partial charge is 0.395 e. The third kappa shape index (κ3) is 3.41. The summed E-state index contributed by atoms with van der Waals surface area (Å²) < 4.78 is 0. The molecule has 0 saturated heterocycles. The molecule has 88 valence electrons. The van der Waals surface area contributed by atoms with Gasteiger partial charge in [0.2, 0.25) is 0 Å². The van der Waals surface area contributed by atoms with Gasteiger partial charge in [-0.05, 0) is 12.1 Å². The number of rotatable bonds is 6. The van der Waals surface area contributed by atoms with Crippen LogP contribution >= 0.6 is 12.2 Å². The van der Waals surface area contributed by atoms with Crippen LogP contribution in [-0.2, 0) is 0 Å². The zero-order chi connectivity index (χ0) is 12.0. The molecule has 16 heavy (non-hydrogen) atoms. The van der Waals surface area contributed by atoms with E-state index in [1.807, 2.05) is 0 Å².